The molecule has 1 aromatic heterocycles. The Hall–Kier alpha value is -2.59. The van der Waals surface area contributed by atoms with Gasteiger partial charge >= 0.3 is 0 Å². The van der Waals surface area contributed by atoms with Crippen LogP contribution in [0.5, 0.6) is 11.5 Å². The Labute approximate surface area is 129 Å². The van der Waals surface area contributed by atoms with Crippen molar-refractivity contribution in [1.82, 2.24) is 4.98 Å². The van der Waals surface area contributed by atoms with Gasteiger partial charge in [-0.25, -0.2) is 0 Å². The molecule has 2 aromatic carbocycles. The monoisotopic (exact) mass is 295 g/mol. The summed E-state index contributed by atoms with van der Waals surface area (Å²) in [5, 5.41) is 11.5. The van der Waals surface area contributed by atoms with E-state index in [1.807, 2.05) is 42.5 Å². The molecule has 0 bridgehead atoms. The minimum atomic E-state index is -0.0783. The van der Waals surface area contributed by atoms with Gasteiger partial charge in [-0.1, -0.05) is 24.3 Å². The van der Waals surface area contributed by atoms with Gasteiger partial charge < -0.3 is 14.6 Å². The fourth-order valence-corrected chi connectivity index (χ4v) is 2.61. The van der Waals surface area contributed by atoms with Crippen LogP contribution in [-0.4, -0.2) is 24.3 Å². The second kappa shape index (κ2) is 6.03. The maximum atomic E-state index is 9.50. The number of fused-ring (bicyclic) bond motifs is 1. The van der Waals surface area contributed by atoms with Crippen molar-refractivity contribution in [3.63, 3.8) is 0 Å². The molecule has 0 aliphatic carbocycles. The van der Waals surface area contributed by atoms with Gasteiger partial charge in [-0.2, -0.15) is 0 Å². The van der Waals surface area contributed by atoms with E-state index in [2.05, 4.69) is 4.98 Å². The molecule has 0 radical (unpaired) electrons. The van der Waals surface area contributed by atoms with Crippen molar-refractivity contribution in [3.05, 3.63) is 54.2 Å². The lowest BCUT2D eigenvalue weighted by Gasteiger charge is -2.12. The second-order valence-electron chi connectivity index (χ2n) is 4.91. The lowest BCUT2D eigenvalue weighted by atomic mass is 10.0. The largest absolute Gasteiger partial charge is 0.496 e. The number of aliphatic hydroxyl groups is 1. The molecule has 112 valence electrons. The predicted molar refractivity (Wildman–Crippen MR) is 86.2 cm³/mol. The van der Waals surface area contributed by atoms with Crippen molar-refractivity contribution in [2.75, 3.05) is 14.2 Å². The summed E-state index contributed by atoms with van der Waals surface area (Å²) in [6.45, 7) is -0.0783. The van der Waals surface area contributed by atoms with Crippen molar-refractivity contribution in [3.8, 4) is 22.8 Å². The summed E-state index contributed by atoms with van der Waals surface area (Å²) >= 11 is 0. The van der Waals surface area contributed by atoms with Crippen molar-refractivity contribution in [1.29, 1.82) is 0 Å². The van der Waals surface area contributed by atoms with Gasteiger partial charge in [0, 0.05) is 21.9 Å². The van der Waals surface area contributed by atoms with Gasteiger partial charge in [-0.05, 0) is 18.2 Å². The van der Waals surface area contributed by atoms with Crippen molar-refractivity contribution in [2.45, 2.75) is 6.61 Å². The van der Waals surface area contributed by atoms with E-state index in [9.17, 15) is 5.11 Å². The van der Waals surface area contributed by atoms with E-state index in [4.69, 9.17) is 9.47 Å². The van der Waals surface area contributed by atoms with E-state index < -0.39 is 0 Å². The van der Waals surface area contributed by atoms with E-state index in [0.29, 0.717) is 5.75 Å². The first-order valence-electron chi connectivity index (χ1n) is 6.98. The number of methoxy groups -OCH3 is 2. The SMILES string of the molecule is COc1ccc(-c2ncc(OC)c3ccccc23)cc1CO. The number of hydrogen-bond donors (Lipinski definition) is 1. The minimum Gasteiger partial charge on any atom is -0.496 e. The van der Waals surface area contributed by atoms with E-state index >= 15 is 0 Å². The van der Waals surface area contributed by atoms with Gasteiger partial charge in [0.15, 0.2) is 0 Å². The second-order valence-corrected chi connectivity index (χ2v) is 4.91. The van der Waals surface area contributed by atoms with Crippen molar-refractivity contribution >= 4 is 10.8 Å². The predicted octanol–water partition coefficient (Wildman–Crippen LogP) is 3.41. The van der Waals surface area contributed by atoms with Crippen LogP contribution in [0.2, 0.25) is 0 Å². The van der Waals surface area contributed by atoms with Crippen molar-refractivity contribution in [2.24, 2.45) is 0 Å². The number of nitrogens with zero attached hydrogens (tertiary/aromatic N) is 1. The molecule has 4 heteroatoms. The van der Waals surface area contributed by atoms with Crippen LogP contribution in [-0.2, 0) is 6.61 Å². The molecule has 0 saturated heterocycles. The smallest absolute Gasteiger partial charge is 0.145 e. The summed E-state index contributed by atoms with van der Waals surface area (Å²) in [6, 6.07) is 13.7. The number of hydrogen-bond acceptors (Lipinski definition) is 4. The maximum absolute atomic E-state index is 9.50. The summed E-state index contributed by atoms with van der Waals surface area (Å²) in [6.07, 6.45) is 1.72. The van der Waals surface area contributed by atoms with Crippen LogP contribution in [0.1, 0.15) is 5.56 Å². The molecule has 3 rings (SSSR count). The summed E-state index contributed by atoms with van der Waals surface area (Å²) in [7, 11) is 3.23. The van der Waals surface area contributed by atoms with Gasteiger partial charge in [0.1, 0.15) is 11.5 Å². The molecule has 0 saturated carbocycles. The molecule has 3 aromatic rings. The molecule has 0 unspecified atom stereocenters. The normalized spacial score (nSPS) is 10.7. The van der Waals surface area contributed by atoms with Gasteiger partial charge in [0.05, 0.1) is 32.7 Å². The van der Waals surface area contributed by atoms with Crippen LogP contribution < -0.4 is 9.47 Å². The number of rotatable bonds is 4. The Morgan fingerprint density at radius 1 is 0.955 bits per heavy atom. The first-order valence-corrected chi connectivity index (χ1v) is 6.98. The topological polar surface area (TPSA) is 51.6 Å². The Morgan fingerprint density at radius 2 is 1.68 bits per heavy atom. The Morgan fingerprint density at radius 3 is 2.36 bits per heavy atom. The third-order valence-electron chi connectivity index (χ3n) is 3.70. The first-order chi connectivity index (χ1) is 10.8. The molecule has 1 N–H and O–H groups in total. The Kier molecular flexibility index (Phi) is 3.94. The van der Waals surface area contributed by atoms with Gasteiger partial charge in [-0.3, -0.25) is 4.98 Å². The standard InChI is InChI=1S/C18H17NO3/c1-21-16-8-7-12(9-13(16)11-20)18-15-6-4-3-5-14(15)17(22-2)10-19-18/h3-10,20H,11H2,1-2H3. The molecule has 0 spiro atoms. The molecule has 0 atom stereocenters. The molecular formula is C18H17NO3. The van der Waals surface area contributed by atoms with Crippen LogP contribution in [0.15, 0.2) is 48.7 Å². The van der Waals surface area contributed by atoms with Crippen LogP contribution in [0.3, 0.4) is 0 Å². The minimum absolute atomic E-state index is 0.0783. The summed E-state index contributed by atoms with van der Waals surface area (Å²) in [5.74, 6) is 1.42. The van der Waals surface area contributed by atoms with Gasteiger partial charge in [-0.15, -0.1) is 0 Å². The molecule has 0 aliphatic rings. The average Bonchev–Trinajstić information content (AvgIpc) is 2.60. The van der Waals surface area contributed by atoms with E-state index in [1.165, 1.54) is 0 Å². The van der Waals surface area contributed by atoms with Gasteiger partial charge in [0.2, 0.25) is 0 Å². The van der Waals surface area contributed by atoms with Crippen LogP contribution in [0.25, 0.3) is 22.0 Å². The van der Waals surface area contributed by atoms with Crippen LogP contribution >= 0.6 is 0 Å². The summed E-state index contributed by atoms with van der Waals surface area (Å²) in [5.41, 5.74) is 2.53. The third-order valence-corrected chi connectivity index (χ3v) is 3.70. The number of aromatic nitrogens is 1. The Balaban J connectivity index is 2.23. The van der Waals surface area contributed by atoms with E-state index in [1.54, 1.807) is 20.4 Å². The summed E-state index contributed by atoms with van der Waals surface area (Å²) < 4.78 is 10.6. The molecular weight excluding hydrogens is 278 g/mol. The zero-order valence-corrected chi connectivity index (χ0v) is 12.5. The fourth-order valence-electron chi connectivity index (χ4n) is 2.61. The molecule has 0 aliphatic heterocycles. The fraction of sp³-hybridized carbons (Fsp3) is 0.167. The highest BCUT2D eigenvalue weighted by Gasteiger charge is 2.11. The molecule has 0 amide bonds. The number of benzene rings is 2. The highest BCUT2D eigenvalue weighted by Crippen LogP contribution is 2.34. The number of aliphatic hydroxyl groups excluding tert-OH is 1. The molecule has 4 nitrogen and oxygen atoms in total. The third kappa shape index (κ3) is 2.38. The average molecular weight is 295 g/mol. The first kappa shape index (κ1) is 14.4. The lowest BCUT2D eigenvalue weighted by molar-refractivity contribution is 0.274. The van der Waals surface area contributed by atoms with Crippen LogP contribution in [0.4, 0.5) is 0 Å². The molecule has 22 heavy (non-hydrogen) atoms. The zero-order valence-electron chi connectivity index (χ0n) is 12.5. The van der Waals surface area contributed by atoms with Gasteiger partial charge in [0.25, 0.3) is 0 Å². The highest BCUT2D eigenvalue weighted by atomic mass is 16.5. The maximum Gasteiger partial charge on any atom is 0.145 e. The molecule has 0 fully saturated rings. The van der Waals surface area contributed by atoms with E-state index in [0.717, 1.165) is 33.3 Å². The van der Waals surface area contributed by atoms with Crippen molar-refractivity contribution < 1.29 is 14.6 Å². The molecule has 1 heterocycles. The Bertz CT molecular complexity index is 815. The van der Waals surface area contributed by atoms with E-state index in [-0.39, 0.29) is 6.61 Å². The lowest BCUT2D eigenvalue weighted by Crippen LogP contribution is -1.95. The summed E-state index contributed by atoms with van der Waals surface area (Å²) in [4.78, 5) is 4.53. The zero-order chi connectivity index (χ0) is 15.5. The van der Waals surface area contributed by atoms with Crippen LogP contribution in [0, 0.1) is 0 Å². The highest BCUT2D eigenvalue weighted by molar-refractivity contribution is 5.98. The number of pyridine rings is 1. The number of ether oxygens (including phenoxy) is 2. The quantitative estimate of drug-likeness (QED) is 0.801.